The van der Waals surface area contributed by atoms with Crippen molar-refractivity contribution < 1.29 is 18.7 Å². The number of carbonyl (C=O) groups excluding carboxylic acids is 2. The number of hydrogen-bond acceptors (Lipinski definition) is 6. The van der Waals surface area contributed by atoms with Gasteiger partial charge in [-0.15, -0.1) is 0 Å². The first-order valence-corrected chi connectivity index (χ1v) is 8.94. The van der Waals surface area contributed by atoms with E-state index in [1.54, 1.807) is 43.3 Å². The molecule has 0 aliphatic carbocycles. The molecule has 1 aromatic heterocycles. The lowest BCUT2D eigenvalue weighted by Gasteiger charge is -2.08. The van der Waals surface area contributed by atoms with Crippen molar-refractivity contribution in [1.82, 2.24) is 15.3 Å². The van der Waals surface area contributed by atoms with Crippen molar-refractivity contribution in [2.24, 2.45) is 0 Å². The van der Waals surface area contributed by atoms with Crippen LogP contribution in [0.25, 0.3) is 0 Å². The summed E-state index contributed by atoms with van der Waals surface area (Å²) < 4.78 is 17.8. The highest BCUT2D eigenvalue weighted by molar-refractivity contribution is 5.93. The van der Waals surface area contributed by atoms with E-state index in [2.05, 4.69) is 20.6 Å². The van der Waals surface area contributed by atoms with Gasteiger partial charge in [0.1, 0.15) is 5.82 Å². The highest BCUT2D eigenvalue weighted by Crippen LogP contribution is 2.14. The summed E-state index contributed by atoms with van der Waals surface area (Å²) in [5.41, 5.74) is 2.22. The second-order valence-electron chi connectivity index (χ2n) is 6.03. The molecule has 3 aromatic rings. The Hall–Kier alpha value is -3.81. The van der Waals surface area contributed by atoms with Crippen molar-refractivity contribution in [3.63, 3.8) is 0 Å². The van der Waals surface area contributed by atoms with Crippen LogP contribution in [-0.2, 0) is 11.3 Å². The minimum Gasteiger partial charge on any atom is -0.462 e. The molecular formula is C21H19FN4O3. The second-order valence-corrected chi connectivity index (χ2v) is 6.03. The van der Waals surface area contributed by atoms with Crippen LogP contribution in [0.3, 0.4) is 0 Å². The van der Waals surface area contributed by atoms with E-state index in [4.69, 9.17) is 4.74 Å². The zero-order valence-corrected chi connectivity index (χ0v) is 15.7. The predicted octanol–water partition coefficient (Wildman–Crippen LogP) is 3.47. The maximum absolute atomic E-state index is 12.9. The van der Waals surface area contributed by atoms with E-state index in [0.717, 1.165) is 5.56 Å². The standard InChI is InChI=1S/C21H19FN4O3/c1-2-29-20(28)15-5-9-18(10-6-15)26-21-24-12-16(13-25-21)19(27)23-11-14-3-7-17(22)8-4-14/h3-10,12-13H,2,11H2,1H3,(H,23,27)(H,24,25,26). The average Bonchev–Trinajstić information content (AvgIpc) is 2.74. The van der Waals surface area contributed by atoms with Gasteiger partial charge in [0, 0.05) is 24.6 Å². The number of amides is 1. The Morgan fingerprint density at radius 2 is 1.62 bits per heavy atom. The third-order valence-electron chi connectivity index (χ3n) is 3.93. The first kappa shape index (κ1) is 19.9. The van der Waals surface area contributed by atoms with Gasteiger partial charge in [-0.05, 0) is 48.9 Å². The Balaban J connectivity index is 1.56. The highest BCUT2D eigenvalue weighted by atomic mass is 19.1. The number of esters is 1. The summed E-state index contributed by atoms with van der Waals surface area (Å²) >= 11 is 0. The van der Waals surface area contributed by atoms with Crippen LogP contribution in [0.1, 0.15) is 33.2 Å². The molecule has 0 spiro atoms. The molecule has 8 heteroatoms. The number of ether oxygens (including phenoxy) is 1. The molecule has 0 aliphatic heterocycles. The molecule has 1 heterocycles. The quantitative estimate of drug-likeness (QED) is 0.596. The summed E-state index contributed by atoms with van der Waals surface area (Å²) in [7, 11) is 0. The number of benzene rings is 2. The molecule has 0 radical (unpaired) electrons. The lowest BCUT2D eigenvalue weighted by atomic mass is 10.2. The van der Waals surface area contributed by atoms with Crippen LogP contribution in [0.5, 0.6) is 0 Å². The Bertz CT molecular complexity index is 974. The zero-order chi connectivity index (χ0) is 20.6. The van der Waals surface area contributed by atoms with Crippen molar-refractivity contribution in [3.8, 4) is 0 Å². The molecule has 2 aromatic carbocycles. The Kier molecular flexibility index (Phi) is 6.47. The van der Waals surface area contributed by atoms with E-state index in [0.29, 0.717) is 29.4 Å². The molecule has 0 saturated carbocycles. The summed E-state index contributed by atoms with van der Waals surface area (Å²) in [6.45, 7) is 2.33. The van der Waals surface area contributed by atoms with Gasteiger partial charge in [0.15, 0.2) is 0 Å². The van der Waals surface area contributed by atoms with Crippen molar-refractivity contribution in [2.75, 3.05) is 11.9 Å². The van der Waals surface area contributed by atoms with Crippen LogP contribution in [-0.4, -0.2) is 28.5 Å². The number of nitrogens with zero attached hydrogens (tertiary/aromatic N) is 2. The average molecular weight is 394 g/mol. The molecular weight excluding hydrogens is 375 g/mol. The van der Waals surface area contributed by atoms with Crippen molar-refractivity contribution >= 4 is 23.5 Å². The Morgan fingerprint density at radius 1 is 0.966 bits per heavy atom. The van der Waals surface area contributed by atoms with Crippen LogP contribution in [0.15, 0.2) is 60.9 Å². The number of nitrogens with one attached hydrogen (secondary N) is 2. The molecule has 0 unspecified atom stereocenters. The van der Waals surface area contributed by atoms with Gasteiger partial charge >= 0.3 is 5.97 Å². The minimum absolute atomic E-state index is 0.270. The maximum Gasteiger partial charge on any atom is 0.338 e. The van der Waals surface area contributed by atoms with E-state index in [9.17, 15) is 14.0 Å². The van der Waals surface area contributed by atoms with Gasteiger partial charge in [-0.1, -0.05) is 12.1 Å². The summed E-state index contributed by atoms with van der Waals surface area (Å²) in [5, 5.41) is 5.72. The molecule has 29 heavy (non-hydrogen) atoms. The lowest BCUT2D eigenvalue weighted by Crippen LogP contribution is -2.23. The zero-order valence-electron chi connectivity index (χ0n) is 15.7. The molecule has 1 amide bonds. The van der Waals surface area contributed by atoms with E-state index in [1.807, 2.05) is 0 Å². The third kappa shape index (κ3) is 5.58. The topological polar surface area (TPSA) is 93.2 Å². The largest absolute Gasteiger partial charge is 0.462 e. The van der Waals surface area contributed by atoms with Crippen molar-refractivity contribution in [2.45, 2.75) is 13.5 Å². The fourth-order valence-corrected chi connectivity index (χ4v) is 2.43. The monoisotopic (exact) mass is 394 g/mol. The van der Waals surface area contributed by atoms with E-state index in [-0.39, 0.29) is 24.2 Å². The summed E-state index contributed by atoms with van der Waals surface area (Å²) in [5.74, 6) is -0.734. The van der Waals surface area contributed by atoms with Crippen LogP contribution in [0.2, 0.25) is 0 Å². The number of aromatic nitrogens is 2. The normalized spacial score (nSPS) is 10.3. The molecule has 7 nitrogen and oxygen atoms in total. The first-order chi connectivity index (χ1) is 14.0. The molecule has 3 rings (SSSR count). The van der Waals surface area contributed by atoms with Crippen LogP contribution in [0, 0.1) is 5.82 Å². The molecule has 0 aliphatic rings. The van der Waals surface area contributed by atoms with Crippen molar-refractivity contribution in [3.05, 3.63) is 83.4 Å². The van der Waals surface area contributed by atoms with Crippen LogP contribution < -0.4 is 10.6 Å². The molecule has 148 valence electrons. The smallest absolute Gasteiger partial charge is 0.338 e. The third-order valence-corrected chi connectivity index (χ3v) is 3.93. The number of carbonyl (C=O) groups is 2. The number of rotatable bonds is 7. The first-order valence-electron chi connectivity index (χ1n) is 8.94. The molecule has 0 fully saturated rings. The van der Waals surface area contributed by atoms with Crippen LogP contribution >= 0.6 is 0 Å². The van der Waals surface area contributed by atoms with Gasteiger partial charge in [0.25, 0.3) is 5.91 Å². The molecule has 0 bridgehead atoms. The summed E-state index contributed by atoms with van der Waals surface area (Å²) in [6, 6.07) is 12.6. The molecule has 2 N–H and O–H groups in total. The number of halogens is 1. The molecule has 0 atom stereocenters. The van der Waals surface area contributed by atoms with Gasteiger partial charge in [-0.3, -0.25) is 4.79 Å². The summed E-state index contributed by atoms with van der Waals surface area (Å²) in [6.07, 6.45) is 2.81. The van der Waals surface area contributed by atoms with Gasteiger partial charge in [-0.25, -0.2) is 19.2 Å². The van der Waals surface area contributed by atoms with Gasteiger partial charge < -0.3 is 15.4 Å². The van der Waals surface area contributed by atoms with Gasteiger partial charge in [-0.2, -0.15) is 0 Å². The number of hydrogen-bond donors (Lipinski definition) is 2. The fraction of sp³-hybridized carbons (Fsp3) is 0.143. The second kappa shape index (κ2) is 9.41. The van der Waals surface area contributed by atoms with Gasteiger partial charge in [0.2, 0.25) is 5.95 Å². The summed E-state index contributed by atoms with van der Waals surface area (Å²) in [4.78, 5) is 32.1. The molecule has 0 saturated heterocycles. The van der Waals surface area contributed by atoms with E-state index >= 15 is 0 Å². The highest BCUT2D eigenvalue weighted by Gasteiger charge is 2.09. The minimum atomic E-state index is -0.383. The number of anilines is 2. The SMILES string of the molecule is CCOC(=O)c1ccc(Nc2ncc(C(=O)NCc3ccc(F)cc3)cn2)cc1. The van der Waals surface area contributed by atoms with Crippen molar-refractivity contribution in [1.29, 1.82) is 0 Å². The fourth-order valence-electron chi connectivity index (χ4n) is 2.43. The maximum atomic E-state index is 12.9. The van der Waals surface area contributed by atoms with E-state index < -0.39 is 0 Å². The lowest BCUT2D eigenvalue weighted by molar-refractivity contribution is 0.0526. The Morgan fingerprint density at radius 3 is 2.24 bits per heavy atom. The van der Waals surface area contributed by atoms with Gasteiger partial charge in [0.05, 0.1) is 17.7 Å². The Labute approximate surface area is 167 Å². The van der Waals surface area contributed by atoms with Crippen LogP contribution in [0.4, 0.5) is 16.0 Å². The predicted molar refractivity (Wildman–Crippen MR) is 105 cm³/mol. The van der Waals surface area contributed by atoms with E-state index in [1.165, 1.54) is 24.5 Å².